The summed E-state index contributed by atoms with van der Waals surface area (Å²) < 4.78 is 5.51. The van der Waals surface area contributed by atoms with Gasteiger partial charge in [-0.15, -0.1) is 11.6 Å². The Hall–Kier alpha value is -1.73. The van der Waals surface area contributed by atoms with Gasteiger partial charge in [-0.2, -0.15) is 5.26 Å². The molecule has 108 valence electrons. The number of unbranched alkanes of at least 4 members (excludes halogenated alkanes) is 2. The Morgan fingerprint density at radius 3 is 2.95 bits per heavy atom. The Morgan fingerprint density at radius 2 is 2.20 bits per heavy atom. The number of alkyl halides is 1. The molecule has 0 aromatic heterocycles. The molecule has 1 N–H and O–H groups in total. The number of amides is 1. The van der Waals surface area contributed by atoms with Crippen molar-refractivity contribution in [2.75, 3.05) is 17.8 Å². The van der Waals surface area contributed by atoms with Crippen LogP contribution in [-0.2, 0) is 4.79 Å². The van der Waals surface area contributed by atoms with Crippen LogP contribution >= 0.6 is 11.6 Å². The fraction of sp³-hybridized carbons (Fsp3) is 0.467. The number of carbonyl (C=O) groups excluding carboxylic acids is 1. The second-order valence-electron chi connectivity index (χ2n) is 4.33. The molecule has 0 heterocycles. The zero-order valence-corrected chi connectivity index (χ0v) is 12.2. The van der Waals surface area contributed by atoms with E-state index >= 15 is 0 Å². The minimum absolute atomic E-state index is 0.0169. The first-order chi connectivity index (χ1) is 9.76. The average molecular weight is 295 g/mol. The minimum Gasteiger partial charge on any atom is -0.493 e. The van der Waals surface area contributed by atoms with E-state index in [2.05, 4.69) is 11.4 Å². The van der Waals surface area contributed by atoms with Crippen molar-refractivity contribution in [2.45, 2.75) is 32.1 Å². The lowest BCUT2D eigenvalue weighted by molar-refractivity contribution is -0.116. The van der Waals surface area contributed by atoms with Crippen LogP contribution in [0.15, 0.2) is 24.3 Å². The molecule has 1 aromatic carbocycles. The monoisotopic (exact) mass is 294 g/mol. The molecular formula is C15H19ClN2O2. The maximum Gasteiger partial charge on any atom is 0.224 e. The number of nitrogens with zero attached hydrogens (tertiary/aromatic N) is 1. The summed E-state index contributed by atoms with van der Waals surface area (Å²) in [7, 11) is 0. The number of rotatable bonds is 9. The molecule has 0 saturated carbocycles. The number of anilines is 1. The van der Waals surface area contributed by atoms with E-state index in [9.17, 15) is 4.79 Å². The van der Waals surface area contributed by atoms with Gasteiger partial charge in [-0.25, -0.2) is 0 Å². The summed E-state index contributed by atoms with van der Waals surface area (Å²) in [6.07, 6.45) is 3.29. The molecular weight excluding hydrogens is 276 g/mol. The normalized spacial score (nSPS) is 9.80. The molecule has 0 aliphatic carbocycles. The van der Waals surface area contributed by atoms with Gasteiger partial charge in [-0.3, -0.25) is 4.79 Å². The zero-order valence-electron chi connectivity index (χ0n) is 11.4. The number of benzene rings is 1. The Balaban J connectivity index is 2.39. The van der Waals surface area contributed by atoms with E-state index in [1.165, 1.54) is 0 Å². The first-order valence-electron chi connectivity index (χ1n) is 6.72. The standard InChI is InChI=1S/C15H19ClN2O2/c16-9-2-1-8-15(19)18-13-6-5-7-14(12-13)20-11-4-3-10-17/h5-7,12H,1-4,8-9,11H2,(H,18,19). The first-order valence-corrected chi connectivity index (χ1v) is 7.25. The maximum atomic E-state index is 11.7. The molecule has 0 atom stereocenters. The van der Waals surface area contributed by atoms with E-state index in [-0.39, 0.29) is 5.91 Å². The van der Waals surface area contributed by atoms with Crippen LogP contribution in [0.1, 0.15) is 32.1 Å². The third-order valence-corrected chi connectivity index (χ3v) is 2.87. The molecule has 0 saturated heterocycles. The minimum atomic E-state index is -0.0169. The van der Waals surface area contributed by atoms with Gasteiger partial charge < -0.3 is 10.1 Å². The van der Waals surface area contributed by atoms with E-state index in [0.29, 0.717) is 37.5 Å². The number of halogens is 1. The van der Waals surface area contributed by atoms with Crippen LogP contribution in [0.5, 0.6) is 5.75 Å². The van der Waals surface area contributed by atoms with Gasteiger partial charge in [0.25, 0.3) is 0 Å². The summed E-state index contributed by atoms with van der Waals surface area (Å²) in [5, 5.41) is 11.3. The summed E-state index contributed by atoms with van der Waals surface area (Å²) in [6.45, 7) is 0.501. The molecule has 0 fully saturated rings. The van der Waals surface area contributed by atoms with Crippen LogP contribution in [0, 0.1) is 11.3 Å². The number of ether oxygens (including phenoxy) is 1. The summed E-state index contributed by atoms with van der Waals surface area (Å²) >= 11 is 5.57. The fourth-order valence-corrected chi connectivity index (χ4v) is 1.80. The number of nitriles is 1. The lowest BCUT2D eigenvalue weighted by Gasteiger charge is -2.08. The van der Waals surface area contributed by atoms with Gasteiger partial charge in [0.1, 0.15) is 5.75 Å². The van der Waals surface area contributed by atoms with Crippen LogP contribution in [0.4, 0.5) is 5.69 Å². The van der Waals surface area contributed by atoms with Gasteiger partial charge in [-0.1, -0.05) is 6.07 Å². The van der Waals surface area contributed by atoms with Crippen LogP contribution in [-0.4, -0.2) is 18.4 Å². The van der Waals surface area contributed by atoms with Crippen molar-refractivity contribution in [3.05, 3.63) is 24.3 Å². The maximum absolute atomic E-state index is 11.7. The molecule has 1 aromatic rings. The highest BCUT2D eigenvalue weighted by atomic mass is 35.5. The second kappa shape index (κ2) is 10.1. The Kier molecular flexibility index (Phi) is 8.25. The van der Waals surface area contributed by atoms with E-state index < -0.39 is 0 Å². The smallest absolute Gasteiger partial charge is 0.224 e. The molecule has 0 unspecified atom stereocenters. The van der Waals surface area contributed by atoms with Gasteiger partial charge >= 0.3 is 0 Å². The van der Waals surface area contributed by atoms with E-state index in [1.54, 1.807) is 6.07 Å². The fourth-order valence-electron chi connectivity index (χ4n) is 1.61. The molecule has 0 bridgehead atoms. The summed E-state index contributed by atoms with van der Waals surface area (Å²) in [5.74, 6) is 1.26. The van der Waals surface area contributed by atoms with Gasteiger partial charge in [-0.05, 0) is 31.4 Å². The molecule has 1 amide bonds. The lowest BCUT2D eigenvalue weighted by atomic mass is 10.2. The van der Waals surface area contributed by atoms with Crippen LogP contribution in [0.25, 0.3) is 0 Å². The molecule has 4 nitrogen and oxygen atoms in total. The molecule has 5 heteroatoms. The van der Waals surface area contributed by atoms with Gasteiger partial charge in [0, 0.05) is 30.5 Å². The lowest BCUT2D eigenvalue weighted by Crippen LogP contribution is -2.11. The predicted octanol–water partition coefficient (Wildman–Crippen LogP) is 3.72. The highest BCUT2D eigenvalue weighted by Crippen LogP contribution is 2.18. The highest BCUT2D eigenvalue weighted by Gasteiger charge is 2.03. The molecule has 0 radical (unpaired) electrons. The van der Waals surface area contributed by atoms with E-state index in [1.807, 2.05) is 18.2 Å². The SMILES string of the molecule is N#CCCCOc1cccc(NC(=O)CCCCCl)c1. The topological polar surface area (TPSA) is 62.1 Å². The second-order valence-corrected chi connectivity index (χ2v) is 4.71. The van der Waals surface area contributed by atoms with E-state index in [0.717, 1.165) is 18.5 Å². The third kappa shape index (κ3) is 7.01. The van der Waals surface area contributed by atoms with Crippen molar-refractivity contribution in [2.24, 2.45) is 0 Å². The highest BCUT2D eigenvalue weighted by molar-refractivity contribution is 6.17. The summed E-state index contributed by atoms with van der Waals surface area (Å²) in [6, 6.07) is 9.33. The van der Waals surface area contributed by atoms with E-state index in [4.69, 9.17) is 21.6 Å². The third-order valence-electron chi connectivity index (χ3n) is 2.61. The van der Waals surface area contributed by atoms with Crippen LogP contribution < -0.4 is 10.1 Å². The molecule has 0 aliphatic rings. The Morgan fingerprint density at radius 1 is 1.35 bits per heavy atom. The first kappa shape index (κ1) is 16.3. The number of hydrogen-bond acceptors (Lipinski definition) is 3. The van der Waals surface area contributed by atoms with Crippen molar-refractivity contribution < 1.29 is 9.53 Å². The van der Waals surface area contributed by atoms with Gasteiger partial charge in [0.2, 0.25) is 5.91 Å². The van der Waals surface area contributed by atoms with Gasteiger partial charge in [0.05, 0.1) is 12.7 Å². The van der Waals surface area contributed by atoms with Crippen LogP contribution in [0.3, 0.4) is 0 Å². The summed E-state index contributed by atoms with van der Waals surface area (Å²) in [5.41, 5.74) is 0.721. The Bertz CT molecular complexity index is 457. The Labute approximate surface area is 124 Å². The number of carbonyl (C=O) groups is 1. The van der Waals surface area contributed by atoms with Crippen molar-refractivity contribution in [1.29, 1.82) is 5.26 Å². The predicted molar refractivity (Wildman–Crippen MR) is 80.0 cm³/mol. The average Bonchev–Trinajstić information content (AvgIpc) is 2.44. The van der Waals surface area contributed by atoms with Crippen LogP contribution in [0.2, 0.25) is 0 Å². The quantitative estimate of drug-likeness (QED) is 0.558. The molecule has 0 spiro atoms. The molecule has 0 aliphatic heterocycles. The number of nitrogens with one attached hydrogen (secondary N) is 1. The largest absolute Gasteiger partial charge is 0.493 e. The van der Waals surface area contributed by atoms with Crippen molar-refractivity contribution in [3.8, 4) is 11.8 Å². The molecule has 1 rings (SSSR count). The van der Waals surface area contributed by atoms with Crippen molar-refractivity contribution in [1.82, 2.24) is 0 Å². The zero-order chi connectivity index (χ0) is 14.6. The summed E-state index contributed by atoms with van der Waals surface area (Å²) in [4.78, 5) is 11.7. The van der Waals surface area contributed by atoms with Crippen molar-refractivity contribution in [3.63, 3.8) is 0 Å². The van der Waals surface area contributed by atoms with Crippen molar-refractivity contribution >= 4 is 23.2 Å². The van der Waals surface area contributed by atoms with Gasteiger partial charge in [0.15, 0.2) is 0 Å². The number of hydrogen-bond donors (Lipinski definition) is 1. The molecule has 20 heavy (non-hydrogen) atoms.